The van der Waals surface area contributed by atoms with Crippen LogP contribution in [0.1, 0.15) is 43.5 Å². The Hall–Kier alpha value is -1.27. The molecule has 2 rings (SSSR count). The van der Waals surface area contributed by atoms with E-state index in [1.54, 1.807) is 6.07 Å². The lowest BCUT2D eigenvalue weighted by molar-refractivity contribution is 0.0937. The molecule has 1 heterocycles. The van der Waals surface area contributed by atoms with Gasteiger partial charge in [-0.05, 0) is 61.3 Å². The Morgan fingerprint density at radius 2 is 2.26 bits per heavy atom. The third-order valence-electron chi connectivity index (χ3n) is 4.10. The van der Waals surface area contributed by atoms with Crippen LogP contribution in [0.2, 0.25) is 0 Å². The minimum Gasteiger partial charge on any atom is -0.507 e. The average Bonchev–Trinajstić information content (AvgIpc) is 2.96. The first-order valence-electron chi connectivity index (χ1n) is 8.24. The van der Waals surface area contributed by atoms with Gasteiger partial charge in [-0.25, -0.2) is 0 Å². The number of carbonyl (C=O) groups excluding carboxylic acids is 1. The number of phenolic OH excluding ortho intramolecular Hbond substituents is 1. The van der Waals surface area contributed by atoms with E-state index in [1.807, 2.05) is 6.92 Å². The van der Waals surface area contributed by atoms with Crippen molar-refractivity contribution < 1.29 is 14.6 Å². The van der Waals surface area contributed by atoms with E-state index in [1.165, 1.54) is 12.5 Å². The fraction of sp³-hybridized carbons (Fsp3) is 0.588. The molecule has 6 heteroatoms. The standard InChI is InChI=1S/C17H25BrN2O3/c1-3-7-20-8-5-6-12(20)11-19-17(22)13-9-14(18)15(21)10-16(13)23-4-2/h9-10,12,21H,3-8,11H2,1-2H3,(H,19,22). The van der Waals surface area contributed by atoms with Gasteiger partial charge in [-0.1, -0.05) is 6.92 Å². The van der Waals surface area contributed by atoms with Crippen molar-refractivity contribution in [1.82, 2.24) is 10.2 Å². The first-order valence-corrected chi connectivity index (χ1v) is 9.03. The van der Waals surface area contributed by atoms with Crippen molar-refractivity contribution in [2.24, 2.45) is 0 Å². The molecule has 1 aromatic carbocycles. The molecular formula is C17H25BrN2O3. The van der Waals surface area contributed by atoms with Gasteiger partial charge in [0.25, 0.3) is 5.91 Å². The van der Waals surface area contributed by atoms with Crippen LogP contribution in [0, 0.1) is 0 Å². The molecule has 2 N–H and O–H groups in total. The van der Waals surface area contributed by atoms with Crippen molar-refractivity contribution >= 4 is 21.8 Å². The quantitative estimate of drug-likeness (QED) is 0.757. The van der Waals surface area contributed by atoms with Gasteiger partial charge in [0.05, 0.1) is 16.6 Å². The van der Waals surface area contributed by atoms with Crippen molar-refractivity contribution in [2.75, 3.05) is 26.2 Å². The zero-order chi connectivity index (χ0) is 16.8. The van der Waals surface area contributed by atoms with Gasteiger partial charge in [0, 0.05) is 18.7 Å². The van der Waals surface area contributed by atoms with Gasteiger partial charge in [0.1, 0.15) is 11.5 Å². The van der Waals surface area contributed by atoms with E-state index in [0.29, 0.717) is 35.0 Å². The zero-order valence-corrected chi connectivity index (χ0v) is 15.4. The highest BCUT2D eigenvalue weighted by Crippen LogP contribution is 2.32. The summed E-state index contributed by atoms with van der Waals surface area (Å²) >= 11 is 3.25. The maximum absolute atomic E-state index is 12.5. The van der Waals surface area contributed by atoms with Crippen LogP contribution in [0.3, 0.4) is 0 Å². The number of likely N-dealkylation sites (tertiary alicyclic amines) is 1. The third-order valence-corrected chi connectivity index (χ3v) is 4.74. The fourth-order valence-electron chi connectivity index (χ4n) is 3.01. The monoisotopic (exact) mass is 384 g/mol. The first-order chi connectivity index (χ1) is 11.1. The minimum absolute atomic E-state index is 0.0647. The fourth-order valence-corrected chi connectivity index (χ4v) is 3.35. The van der Waals surface area contributed by atoms with Crippen LogP contribution in [-0.4, -0.2) is 48.2 Å². The second kappa shape index (κ2) is 8.55. The number of carbonyl (C=O) groups is 1. The number of nitrogens with zero attached hydrogens (tertiary/aromatic N) is 1. The highest BCUT2D eigenvalue weighted by molar-refractivity contribution is 9.10. The molecule has 5 nitrogen and oxygen atoms in total. The van der Waals surface area contributed by atoms with Gasteiger partial charge >= 0.3 is 0 Å². The summed E-state index contributed by atoms with van der Waals surface area (Å²) in [6.45, 7) is 7.30. The first kappa shape index (κ1) is 18.1. The molecule has 1 aromatic rings. The molecule has 0 saturated carbocycles. The number of hydrogen-bond acceptors (Lipinski definition) is 4. The minimum atomic E-state index is -0.169. The van der Waals surface area contributed by atoms with E-state index < -0.39 is 0 Å². The maximum atomic E-state index is 12.5. The molecule has 1 saturated heterocycles. The summed E-state index contributed by atoms with van der Waals surface area (Å²) < 4.78 is 5.96. The number of halogens is 1. The lowest BCUT2D eigenvalue weighted by Gasteiger charge is -2.24. The number of benzene rings is 1. The summed E-state index contributed by atoms with van der Waals surface area (Å²) in [5.41, 5.74) is 0.441. The topological polar surface area (TPSA) is 61.8 Å². The molecule has 1 unspecified atom stereocenters. The van der Waals surface area contributed by atoms with Gasteiger partial charge in [0.15, 0.2) is 0 Å². The Labute approximate surface area is 146 Å². The summed E-state index contributed by atoms with van der Waals surface area (Å²) in [6, 6.07) is 3.49. The normalized spacial score (nSPS) is 18.1. The van der Waals surface area contributed by atoms with Crippen LogP contribution in [-0.2, 0) is 0 Å². The summed E-state index contributed by atoms with van der Waals surface area (Å²) in [4.78, 5) is 15.0. The van der Waals surface area contributed by atoms with Crippen LogP contribution in [0.5, 0.6) is 11.5 Å². The zero-order valence-electron chi connectivity index (χ0n) is 13.8. The van der Waals surface area contributed by atoms with Gasteiger partial charge in [-0.15, -0.1) is 0 Å². The van der Waals surface area contributed by atoms with Crippen LogP contribution in [0.15, 0.2) is 16.6 Å². The molecule has 128 valence electrons. The molecule has 0 radical (unpaired) electrons. The lowest BCUT2D eigenvalue weighted by Crippen LogP contribution is -2.40. The maximum Gasteiger partial charge on any atom is 0.255 e. The Morgan fingerprint density at radius 3 is 2.96 bits per heavy atom. The predicted molar refractivity (Wildman–Crippen MR) is 94.2 cm³/mol. The molecule has 1 atom stereocenters. The lowest BCUT2D eigenvalue weighted by atomic mass is 10.1. The summed E-state index contributed by atoms with van der Waals surface area (Å²) in [5, 5.41) is 12.8. The molecule has 23 heavy (non-hydrogen) atoms. The third kappa shape index (κ3) is 4.61. The molecule has 0 bridgehead atoms. The van der Waals surface area contributed by atoms with Crippen molar-refractivity contribution in [3.05, 3.63) is 22.2 Å². The molecule has 1 aliphatic heterocycles. The number of amides is 1. The van der Waals surface area contributed by atoms with Crippen molar-refractivity contribution in [1.29, 1.82) is 0 Å². The van der Waals surface area contributed by atoms with Crippen molar-refractivity contribution in [2.45, 2.75) is 39.2 Å². The van der Waals surface area contributed by atoms with Crippen molar-refractivity contribution in [3.8, 4) is 11.5 Å². The Kier molecular flexibility index (Phi) is 6.72. The number of nitrogens with one attached hydrogen (secondary N) is 1. The Balaban J connectivity index is 2.04. The Morgan fingerprint density at radius 1 is 1.48 bits per heavy atom. The number of aromatic hydroxyl groups is 1. The smallest absolute Gasteiger partial charge is 0.255 e. The molecule has 1 aliphatic rings. The van der Waals surface area contributed by atoms with E-state index in [9.17, 15) is 9.90 Å². The van der Waals surface area contributed by atoms with Gasteiger partial charge in [0.2, 0.25) is 0 Å². The van der Waals surface area contributed by atoms with Crippen molar-refractivity contribution in [3.63, 3.8) is 0 Å². The Bertz CT molecular complexity index is 551. The van der Waals surface area contributed by atoms with E-state index in [0.717, 1.165) is 25.9 Å². The SMILES string of the molecule is CCCN1CCCC1CNC(=O)c1cc(Br)c(O)cc1OCC. The molecule has 0 aliphatic carbocycles. The number of rotatable bonds is 7. The van der Waals surface area contributed by atoms with Crippen LogP contribution in [0.4, 0.5) is 0 Å². The van der Waals surface area contributed by atoms with Crippen LogP contribution < -0.4 is 10.1 Å². The largest absolute Gasteiger partial charge is 0.507 e. The molecule has 0 spiro atoms. The summed E-state index contributed by atoms with van der Waals surface area (Å²) in [5.74, 6) is 0.301. The highest BCUT2D eigenvalue weighted by atomic mass is 79.9. The molecule has 0 aromatic heterocycles. The van der Waals surface area contributed by atoms with E-state index in [-0.39, 0.29) is 11.7 Å². The number of phenols is 1. The van der Waals surface area contributed by atoms with E-state index in [2.05, 4.69) is 33.1 Å². The van der Waals surface area contributed by atoms with Gasteiger partial charge in [-0.3, -0.25) is 9.69 Å². The molecular weight excluding hydrogens is 360 g/mol. The second-order valence-electron chi connectivity index (χ2n) is 5.77. The van der Waals surface area contributed by atoms with Crippen LogP contribution in [0.25, 0.3) is 0 Å². The highest BCUT2D eigenvalue weighted by Gasteiger charge is 2.24. The molecule has 1 fully saturated rings. The van der Waals surface area contributed by atoms with E-state index >= 15 is 0 Å². The average molecular weight is 385 g/mol. The summed E-state index contributed by atoms with van der Waals surface area (Å²) in [7, 11) is 0. The molecule has 1 amide bonds. The van der Waals surface area contributed by atoms with Gasteiger partial charge < -0.3 is 15.2 Å². The number of ether oxygens (including phenoxy) is 1. The number of hydrogen-bond donors (Lipinski definition) is 2. The van der Waals surface area contributed by atoms with Crippen LogP contribution >= 0.6 is 15.9 Å². The predicted octanol–water partition coefficient (Wildman–Crippen LogP) is 3.16. The van der Waals surface area contributed by atoms with Gasteiger partial charge in [-0.2, -0.15) is 0 Å². The summed E-state index contributed by atoms with van der Waals surface area (Å²) in [6.07, 6.45) is 3.44. The van der Waals surface area contributed by atoms with E-state index in [4.69, 9.17) is 4.74 Å². The second-order valence-corrected chi connectivity index (χ2v) is 6.63.